The van der Waals surface area contributed by atoms with Gasteiger partial charge in [-0.1, -0.05) is 147 Å². The molecule has 3 heteroatoms. The molecule has 0 fully saturated rings. The zero-order valence-electron chi connectivity index (χ0n) is 26.6. The number of hydrogen-bond acceptors (Lipinski definition) is 2. The van der Waals surface area contributed by atoms with E-state index in [4.69, 9.17) is 10.2 Å². The van der Waals surface area contributed by atoms with E-state index in [9.17, 15) is 4.79 Å². The van der Waals surface area contributed by atoms with Gasteiger partial charge in [0, 0.05) is 13.0 Å². The lowest BCUT2D eigenvalue weighted by molar-refractivity contribution is -0.137. The molecular weight excluding hydrogens is 480 g/mol. The number of rotatable bonds is 30. The first-order valence-electron chi connectivity index (χ1n) is 17.3. The fraction of sp³-hybridized carbons (Fsp3) is 0.861. The van der Waals surface area contributed by atoms with Gasteiger partial charge in [0.15, 0.2) is 0 Å². The molecule has 2 N–H and O–H groups in total. The molecule has 0 amide bonds. The zero-order valence-corrected chi connectivity index (χ0v) is 26.6. The largest absolute Gasteiger partial charge is 0.481 e. The van der Waals surface area contributed by atoms with Gasteiger partial charge in [-0.3, -0.25) is 4.79 Å². The maximum absolute atomic E-state index is 10.3. The van der Waals surface area contributed by atoms with Gasteiger partial charge in [0.05, 0.1) is 0 Å². The van der Waals surface area contributed by atoms with Crippen LogP contribution in [0.2, 0.25) is 0 Å². The van der Waals surface area contributed by atoms with Gasteiger partial charge < -0.3 is 10.2 Å². The van der Waals surface area contributed by atoms with Crippen molar-refractivity contribution in [1.29, 1.82) is 0 Å². The van der Waals surface area contributed by atoms with Gasteiger partial charge in [-0.05, 0) is 64.2 Å². The number of carboxylic acid groups (broad SMARTS) is 1. The Labute approximate surface area is 245 Å². The summed E-state index contributed by atoms with van der Waals surface area (Å²) >= 11 is 0. The third-order valence-corrected chi connectivity index (χ3v) is 7.32. The number of allylic oxidation sites excluding steroid dienone is 4. The molecule has 0 aromatic carbocycles. The molecule has 0 aromatic rings. The first-order valence-corrected chi connectivity index (χ1v) is 17.3. The van der Waals surface area contributed by atoms with Gasteiger partial charge in [-0.25, -0.2) is 0 Å². The van der Waals surface area contributed by atoms with E-state index in [0.717, 1.165) is 19.3 Å². The lowest BCUT2D eigenvalue weighted by Gasteiger charge is -1.99. The zero-order chi connectivity index (χ0) is 28.9. The van der Waals surface area contributed by atoms with Crippen LogP contribution in [0.3, 0.4) is 0 Å². The summed E-state index contributed by atoms with van der Waals surface area (Å²) in [4.78, 5) is 10.3. The highest BCUT2D eigenvalue weighted by atomic mass is 16.4. The fourth-order valence-corrected chi connectivity index (χ4v) is 4.71. The molecule has 0 unspecified atom stereocenters. The Bertz CT molecular complexity index is 498. The summed E-state index contributed by atoms with van der Waals surface area (Å²) in [6.07, 6.45) is 44.4. The standard InChI is InChI=1S/C18H34O2.C18H36O/c1-2-3-4-5-6-7-8-9-10-11-12-13-14-15-16-17-18(19)20;1-2-3-4-5-6-7-8-9-10-11-12-13-14-15-16-17-18-19/h9-10H,2-8,11-17H2,1H3,(H,19,20);9-10,19H,2-8,11-18H2,1H3/b2*10-9-. The number of carboxylic acids is 1. The molecule has 0 aliphatic rings. The summed E-state index contributed by atoms with van der Waals surface area (Å²) in [5, 5.41) is 17.2. The molecular formula is C36H70O3. The van der Waals surface area contributed by atoms with E-state index < -0.39 is 5.97 Å². The molecule has 0 bridgehead atoms. The van der Waals surface area contributed by atoms with Gasteiger partial charge in [0.2, 0.25) is 0 Å². The number of hydrogen-bond donors (Lipinski definition) is 2. The molecule has 39 heavy (non-hydrogen) atoms. The van der Waals surface area contributed by atoms with Crippen LogP contribution in [0.15, 0.2) is 24.3 Å². The molecule has 0 aliphatic heterocycles. The quantitative estimate of drug-likeness (QED) is 0.0690. The van der Waals surface area contributed by atoms with Crippen LogP contribution in [0.4, 0.5) is 0 Å². The molecule has 0 spiro atoms. The first kappa shape index (κ1) is 40.1. The van der Waals surface area contributed by atoms with E-state index in [2.05, 4.69) is 38.2 Å². The maximum atomic E-state index is 10.3. The van der Waals surface area contributed by atoms with Crippen LogP contribution in [0.1, 0.15) is 194 Å². The number of unbranched alkanes of at least 4 members (excludes halogenated alkanes) is 23. The molecule has 0 aliphatic carbocycles. The van der Waals surface area contributed by atoms with Crippen molar-refractivity contribution in [2.24, 2.45) is 0 Å². The van der Waals surface area contributed by atoms with Gasteiger partial charge in [-0.2, -0.15) is 0 Å². The Balaban J connectivity index is 0. The molecule has 0 heterocycles. The van der Waals surface area contributed by atoms with Crippen LogP contribution in [0.25, 0.3) is 0 Å². The molecule has 0 saturated heterocycles. The van der Waals surface area contributed by atoms with Crippen molar-refractivity contribution in [2.75, 3.05) is 6.61 Å². The monoisotopic (exact) mass is 551 g/mol. The smallest absolute Gasteiger partial charge is 0.303 e. The van der Waals surface area contributed by atoms with E-state index in [0.29, 0.717) is 13.0 Å². The Morgan fingerprint density at radius 1 is 0.436 bits per heavy atom. The minimum absolute atomic E-state index is 0.332. The van der Waals surface area contributed by atoms with Crippen LogP contribution in [0.5, 0.6) is 0 Å². The highest BCUT2D eigenvalue weighted by Crippen LogP contribution is 2.11. The average molecular weight is 551 g/mol. The Morgan fingerprint density at radius 2 is 0.718 bits per heavy atom. The Hall–Kier alpha value is -1.09. The van der Waals surface area contributed by atoms with Crippen molar-refractivity contribution >= 4 is 5.97 Å². The second-order valence-electron chi connectivity index (χ2n) is 11.4. The summed E-state index contributed by atoms with van der Waals surface area (Å²) in [6.45, 7) is 4.89. The van der Waals surface area contributed by atoms with Gasteiger partial charge >= 0.3 is 5.97 Å². The minimum Gasteiger partial charge on any atom is -0.481 e. The summed E-state index contributed by atoms with van der Waals surface area (Å²) in [5.41, 5.74) is 0. The van der Waals surface area contributed by atoms with E-state index in [1.54, 1.807) is 0 Å². The molecule has 3 nitrogen and oxygen atoms in total. The highest BCUT2D eigenvalue weighted by molar-refractivity contribution is 5.66. The predicted molar refractivity (Wildman–Crippen MR) is 174 cm³/mol. The Morgan fingerprint density at radius 3 is 1.03 bits per heavy atom. The third kappa shape index (κ3) is 44.2. The van der Waals surface area contributed by atoms with Crippen LogP contribution >= 0.6 is 0 Å². The third-order valence-electron chi connectivity index (χ3n) is 7.32. The first-order chi connectivity index (χ1) is 19.2. The number of aliphatic hydroxyl groups excluding tert-OH is 1. The van der Waals surface area contributed by atoms with Crippen LogP contribution in [-0.2, 0) is 4.79 Å². The topological polar surface area (TPSA) is 57.5 Å². The van der Waals surface area contributed by atoms with Crippen molar-refractivity contribution in [3.8, 4) is 0 Å². The second kappa shape index (κ2) is 39.1. The molecule has 0 radical (unpaired) electrons. The van der Waals surface area contributed by atoms with Gasteiger partial charge in [0.25, 0.3) is 0 Å². The second-order valence-corrected chi connectivity index (χ2v) is 11.4. The molecule has 232 valence electrons. The fourth-order valence-electron chi connectivity index (χ4n) is 4.71. The summed E-state index contributed by atoms with van der Waals surface area (Å²) < 4.78 is 0. The van der Waals surface area contributed by atoms with Crippen molar-refractivity contribution in [1.82, 2.24) is 0 Å². The number of aliphatic hydroxyl groups is 1. The van der Waals surface area contributed by atoms with Crippen molar-refractivity contribution in [3.63, 3.8) is 0 Å². The van der Waals surface area contributed by atoms with Crippen molar-refractivity contribution in [2.45, 2.75) is 194 Å². The van der Waals surface area contributed by atoms with Crippen molar-refractivity contribution < 1.29 is 15.0 Å². The summed E-state index contributed by atoms with van der Waals surface area (Å²) in [5.74, 6) is -0.664. The van der Waals surface area contributed by atoms with E-state index in [1.807, 2.05) is 0 Å². The number of aliphatic carboxylic acids is 1. The molecule has 0 aromatic heterocycles. The SMILES string of the molecule is CCCCCCCC/C=C\CCCCCCCC(=O)O.CCCCCCCC/C=C\CCCCCCCCO. The van der Waals surface area contributed by atoms with Crippen LogP contribution in [0, 0.1) is 0 Å². The minimum atomic E-state index is -0.664. The van der Waals surface area contributed by atoms with E-state index in [1.165, 1.54) is 154 Å². The van der Waals surface area contributed by atoms with Gasteiger partial charge in [-0.15, -0.1) is 0 Å². The van der Waals surface area contributed by atoms with E-state index in [-0.39, 0.29) is 0 Å². The van der Waals surface area contributed by atoms with Crippen LogP contribution < -0.4 is 0 Å². The average Bonchev–Trinajstić information content (AvgIpc) is 2.93. The predicted octanol–water partition coefficient (Wildman–Crippen LogP) is 12.1. The molecule has 0 saturated carbocycles. The summed E-state index contributed by atoms with van der Waals surface area (Å²) in [6, 6.07) is 0. The molecule has 0 atom stereocenters. The van der Waals surface area contributed by atoms with E-state index >= 15 is 0 Å². The van der Waals surface area contributed by atoms with Crippen LogP contribution in [-0.4, -0.2) is 22.8 Å². The highest BCUT2D eigenvalue weighted by Gasteiger charge is 1.96. The lowest BCUT2D eigenvalue weighted by atomic mass is 10.1. The Kier molecular flexibility index (Phi) is 40.1. The maximum Gasteiger partial charge on any atom is 0.303 e. The van der Waals surface area contributed by atoms with Gasteiger partial charge in [0.1, 0.15) is 0 Å². The normalized spacial score (nSPS) is 11.4. The lowest BCUT2D eigenvalue weighted by Crippen LogP contribution is -1.93. The number of carbonyl (C=O) groups is 1. The molecule has 0 rings (SSSR count). The summed E-state index contributed by atoms with van der Waals surface area (Å²) in [7, 11) is 0. The van der Waals surface area contributed by atoms with Crippen molar-refractivity contribution in [3.05, 3.63) is 24.3 Å².